The van der Waals surface area contributed by atoms with Gasteiger partial charge in [-0.1, -0.05) is 18.2 Å². The normalized spacial score (nSPS) is 11.7. The van der Waals surface area contributed by atoms with Gasteiger partial charge in [0.1, 0.15) is 6.61 Å². The average Bonchev–Trinajstić information content (AvgIpc) is 2.80. The van der Waals surface area contributed by atoms with Crippen LogP contribution >= 0.6 is 0 Å². The van der Waals surface area contributed by atoms with Gasteiger partial charge in [-0.3, -0.25) is 4.79 Å². The molecule has 6 heteroatoms. The molecular weight excluding hydrogens is 242 g/mol. The fourth-order valence-corrected chi connectivity index (χ4v) is 1.62. The van der Waals surface area contributed by atoms with Crippen LogP contribution in [0.4, 0.5) is 8.78 Å². The number of hydrogen-bond donors (Lipinski definition) is 3. The topological polar surface area (TPSA) is 65.1 Å². The third-order valence-corrected chi connectivity index (χ3v) is 2.57. The van der Waals surface area contributed by atoms with Crippen LogP contribution in [0.1, 0.15) is 10.4 Å². The van der Waals surface area contributed by atoms with Gasteiger partial charge in [-0.05, 0) is 6.07 Å². The lowest BCUT2D eigenvalue weighted by Crippen LogP contribution is -2.38. The van der Waals surface area contributed by atoms with Gasteiger partial charge in [0.2, 0.25) is 0 Å². The molecule has 2 aromatic rings. The quantitative estimate of drug-likeness (QED) is 0.774. The Morgan fingerprint density at radius 2 is 2.11 bits per heavy atom. The van der Waals surface area contributed by atoms with Crippen LogP contribution in [-0.2, 0) is 0 Å². The summed E-state index contributed by atoms with van der Waals surface area (Å²) in [5.74, 6) is -3.90. The third-order valence-electron chi connectivity index (χ3n) is 2.57. The highest BCUT2D eigenvalue weighted by molar-refractivity contribution is 6.06. The molecule has 0 unspecified atom stereocenters. The van der Waals surface area contributed by atoms with E-state index in [1.807, 2.05) is 0 Å². The van der Waals surface area contributed by atoms with Crippen LogP contribution in [0, 0.1) is 0 Å². The van der Waals surface area contributed by atoms with Gasteiger partial charge in [0.25, 0.3) is 11.8 Å². The van der Waals surface area contributed by atoms with E-state index in [0.29, 0.717) is 10.9 Å². The zero-order valence-electron chi connectivity index (χ0n) is 9.41. The molecule has 1 aromatic carbocycles. The number of para-hydroxylation sites is 1. The van der Waals surface area contributed by atoms with E-state index >= 15 is 0 Å². The predicted octanol–water partition coefficient (Wildman–Crippen LogP) is 1.53. The Balaban J connectivity index is 2.14. The van der Waals surface area contributed by atoms with Crippen molar-refractivity contribution in [2.24, 2.45) is 0 Å². The van der Waals surface area contributed by atoms with Gasteiger partial charge in [-0.25, -0.2) is 8.78 Å². The van der Waals surface area contributed by atoms with Crippen LogP contribution in [-0.4, -0.2) is 35.1 Å². The van der Waals surface area contributed by atoms with Crippen molar-refractivity contribution in [3.8, 4) is 0 Å². The summed E-state index contributed by atoms with van der Waals surface area (Å²) < 4.78 is 25.6. The number of hydrogen-bond acceptors (Lipinski definition) is 2. The Hall–Kier alpha value is -1.95. The van der Waals surface area contributed by atoms with Gasteiger partial charge in [0.05, 0.1) is 12.1 Å². The van der Waals surface area contributed by atoms with E-state index in [9.17, 15) is 13.6 Å². The van der Waals surface area contributed by atoms with Gasteiger partial charge in [-0.2, -0.15) is 0 Å². The first kappa shape index (κ1) is 12.5. The fraction of sp³-hybridized carbons (Fsp3) is 0.250. The number of aliphatic hydroxyl groups is 1. The lowest BCUT2D eigenvalue weighted by molar-refractivity contribution is -0.0461. The van der Waals surface area contributed by atoms with E-state index in [0.717, 1.165) is 5.52 Å². The lowest BCUT2D eigenvalue weighted by Gasteiger charge is -2.13. The molecule has 3 N–H and O–H groups in total. The number of carbonyl (C=O) groups is 1. The molecular formula is C12H12F2N2O2. The molecule has 0 saturated heterocycles. The van der Waals surface area contributed by atoms with Crippen LogP contribution in [0.3, 0.4) is 0 Å². The Labute approximate surface area is 102 Å². The molecule has 1 heterocycles. The molecule has 96 valence electrons. The predicted molar refractivity (Wildman–Crippen MR) is 62.7 cm³/mol. The van der Waals surface area contributed by atoms with Crippen molar-refractivity contribution in [3.05, 3.63) is 36.0 Å². The molecule has 0 radical (unpaired) electrons. The second-order valence-corrected chi connectivity index (χ2v) is 3.94. The second-order valence-electron chi connectivity index (χ2n) is 3.94. The second kappa shape index (κ2) is 4.73. The molecule has 0 aliphatic carbocycles. The lowest BCUT2D eigenvalue weighted by atomic mass is 10.1. The van der Waals surface area contributed by atoms with E-state index in [4.69, 9.17) is 5.11 Å². The summed E-state index contributed by atoms with van der Waals surface area (Å²) in [6.45, 7) is -2.18. The number of halogens is 2. The number of nitrogens with one attached hydrogen (secondary N) is 2. The molecule has 0 bridgehead atoms. The monoisotopic (exact) mass is 254 g/mol. The molecule has 0 spiro atoms. The van der Waals surface area contributed by atoms with Crippen LogP contribution in [0.5, 0.6) is 0 Å². The van der Waals surface area contributed by atoms with Gasteiger partial charge in [-0.15, -0.1) is 0 Å². The SMILES string of the molecule is O=C(NCC(F)(F)CO)c1c[nH]c2ccccc12. The summed E-state index contributed by atoms with van der Waals surface area (Å²) in [5.41, 5.74) is 1.07. The van der Waals surface area contributed by atoms with Crippen molar-refractivity contribution in [1.29, 1.82) is 0 Å². The van der Waals surface area contributed by atoms with Crippen LogP contribution in [0.2, 0.25) is 0 Å². The van der Waals surface area contributed by atoms with Crippen LogP contribution in [0.15, 0.2) is 30.5 Å². The number of aliphatic hydroxyl groups excluding tert-OH is 1. The number of aromatic amines is 1. The molecule has 0 atom stereocenters. The Bertz CT molecular complexity index is 566. The summed E-state index contributed by atoms with van der Waals surface area (Å²) >= 11 is 0. The molecule has 0 aliphatic heterocycles. The third kappa shape index (κ3) is 2.48. The smallest absolute Gasteiger partial charge is 0.287 e. The summed E-state index contributed by atoms with van der Waals surface area (Å²) in [6.07, 6.45) is 1.47. The van der Waals surface area contributed by atoms with E-state index in [2.05, 4.69) is 10.3 Å². The highest BCUT2D eigenvalue weighted by atomic mass is 19.3. The van der Waals surface area contributed by atoms with Crippen molar-refractivity contribution in [1.82, 2.24) is 10.3 Å². The zero-order valence-corrected chi connectivity index (χ0v) is 9.41. The Morgan fingerprint density at radius 3 is 2.83 bits per heavy atom. The number of H-pyrrole nitrogens is 1. The summed E-state index contributed by atoms with van der Waals surface area (Å²) in [6, 6.07) is 7.08. The first-order valence-electron chi connectivity index (χ1n) is 5.36. The molecule has 0 aliphatic rings. The largest absolute Gasteiger partial charge is 0.390 e. The molecule has 0 fully saturated rings. The fourth-order valence-electron chi connectivity index (χ4n) is 1.62. The maximum Gasteiger partial charge on any atom is 0.287 e. The van der Waals surface area contributed by atoms with Gasteiger partial charge >= 0.3 is 0 Å². The molecule has 0 saturated carbocycles. The maximum atomic E-state index is 12.8. The van der Waals surface area contributed by atoms with Crippen molar-refractivity contribution in [3.63, 3.8) is 0 Å². The summed E-state index contributed by atoms with van der Waals surface area (Å²) in [7, 11) is 0. The molecule has 18 heavy (non-hydrogen) atoms. The van der Waals surface area contributed by atoms with E-state index in [-0.39, 0.29) is 0 Å². The van der Waals surface area contributed by atoms with Crippen LogP contribution in [0.25, 0.3) is 10.9 Å². The number of benzene rings is 1. The highest BCUT2D eigenvalue weighted by Gasteiger charge is 2.28. The maximum absolute atomic E-state index is 12.8. The minimum Gasteiger partial charge on any atom is -0.390 e. The number of amides is 1. The van der Waals surface area contributed by atoms with Crippen molar-refractivity contribution in [2.75, 3.05) is 13.2 Å². The minimum absolute atomic E-state index is 0.305. The highest BCUT2D eigenvalue weighted by Crippen LogP contribution is 2.18. The first-order valence-corrected chi connectivity index (χ1v) is 5.36. The number of alkyl halides is 2. The van der Waals surface area contributed by atoms with Crippen molar-refractivity contribution in [2.45, 2.75) is 5.92 Å². The Kier molecular flexibility index (Phi) is 3.29. The molecule has 2 rings (SSSR count). The first-order chi connectivity index (χ1) is 8.53. The van der Waals surface area contributed by atoms with E-state index in [1.54, 1.807) is 24.3 Å². The van der Waals surface area contributed by atoms with Crippen molar-refractivity contribution < 1.29 is 18.7 Å². The molecule has 4 nitrogen and oxygen atoms in total. The van der Waals surface area contributed by atoms with Gasteiger partial charge in [0, 0.05) is 17.1 Å². The van der Waals surface area contributed by atoms with Crippen LogP contribution < -0.4 is 5.32 Å². The number of fused-ring (bicyclic) bond motifs is 1. The molecule has 1 aromatic heterocycles. The van der Waals surface area contributed by atoms with E-state index < -0.39 is 25.0 Å². The number of rotatable bonds is 4. The summed E-state index contributed by atoms with van der Waals surface area (Å²) in [5, 5.41) is 11.2. The zero-order chi connectivity index (χ0) is 13.2. The average molecular weight is 254 g/mol. The molecule has 1 amide bonds. The van der Waals surface area contributed by atoms with Crippen molar-refractivity contribution >= 4 is 16.8 Å². The number of carbonyl (C=O) groups excluding carboxylic acids is 1. The van der Waals surface area contributed by atoms with Gasteiger partial charge in [0.15, 0.2) is 0 Å². The summed E-state index contributed by atoms with van der Waals surface area (Å²) in [4.78, 5) is 14.6. The van der Waals surface area contributed by atoms with Gasteiger partial charge < -0.3 is 15.4 Å². The Morgan fingerprint density at radius 1 is 1.39 bits per heavy atom. The standard InChI is InChI=1S/C12H12F2N2O2/c13-12(14,7-17)6-16-11(18)9-5-15-10-4-2-1-3-8(9)10/h1-5,15,17H,6-7H2,(H,16,18). The number of aromatic nitrogens is 1. The van der Waals surface area contributed by atoms with E-state index in [1.165, 1.54) is 6.20 Å². The minimum atomic E-state index is -3.30.